The van der Waals surface area contributed by atoms with Crippen molar-refractivity contribution in [1.29, 1.82) is 0 Å². The van der Waals surface area contributed by atoms with E-state index in [0.29, 0.717) is 47.6 Å². The molecule has 0 radical (unpaired) electrons. The van der Waals surface area contributed by atoms with Gasteiger partial charge in [0, 0.05) is 43.0 Å². The molecule has 0 spiro atoms. The molecule has 0 bridgehead atoms. The molecule has 4 rings (SSSR count). The number of hydrogen-bond donors (Lipinski definition) is 1. The van der Waals surface area contributed by atoms with Crippen molar-refractivity contribution in [2.24, 2.45) is 7.05 Å². The molecule has 3 aromatic rings. The predicted molar refractivity (Wildman–Crippen MR) is 116 cm³/mol. The molecule has 31 heavy (non-hydrogen) atoms. The van der Waals surface area contributed by atoms with Crippen molar-refractivity contribution in [3.8, 4) is 11.5 Å². The van der Waals surface area contributed by atoms with Crippen LogP contribution in [0.1, 0.15) is 23.2 Å². The van der Waals surface area contributed by atoms with Gasteiger partial charge < -0.3 is 14.6 Å². The maximum atomic E-state index is 12.5. The molecular formula is C20H21ClN6O3S. The highest BCUT2D eigenvalue weighted by molar-refractivity contribution is 7.99. The van der Waals surface area contributed by atoms with Crippen LogP contribution in [0.3, 0.4) is 0 Å². The van der Waals surface area contributed by atoms with Gasteiger partial charge in [0.1, 0.15) is 0 Å². The lowest BCUT2D eigenvalue weighted by molar-refractivity contribution is -0.129. The number of nitrogens with one attached hydrogen (secondary N) is 1. The van der Waals surface area contributed by atoms with E-state index < -0.39 is 0 Å². The zero-order valence-corrected chi connectivity index (χ0v) is 18.4. The molecule has 1 aromatic carbocycles. The third-order valence-corrected chi connectivity index (χ3v) is 6.02. The lowest BCUT2D eigenvalue weighted by Crippen LogP contribution is -2.47. The van der Waals surface area contributed by atoms with Gasteiger partial charge in [0.05, 0.1) is 17.5 Å². The molecule has 1 N–H and O–H groups in total. The summed E-state index contributed by atoms with van der Waals surface area (Å²) in [5, 5.41) is 16.0. The Kier molecular flexibility index (Phi) is 6.57. The number of halogens is 1. The summed E-state index contributed by atoms with van der Waals surface area (Å²) in [4.78, 5) is 26.6. The number of rotatable bonds is 6. The molecule has 11 heteroatoms. The molecule has 2 aromatic heterocycles. The van der Waals surface area contributed by atoms with E-state index in [2.05, 4.69) is 20.6 Å². The van der Waals surface area contributed by atoms with Crippen LogP contribution in [0, 0.1) is 0 Å². The topological polar surface area (TPSA) is 106 Å². The molecule has 1 aliphatic rings. The predicted octanol–water partition coefficient (Wildman–Crippen LogP) is 2.64. The molecule has 0 unspecified atom stereocenters. The van der Waals surface area contributed by atoms with Gasteiger partial charge in [0.25, 0.3) is 11.1 Å². The van der Waals surface area contributed by atoms with Gasteiger partial charge in [-0.3, -0.25) is 14.3 Å². The Morgan fingerprint density at radius 3 is 2.65 bits per heavy atom. The maximum absolute atomic E-state index is 12.5. The van der Waals surface area contributed by atoms with Gasteiger partial charge >= 0.3 is 0 Å². The standard InChI is InChI=1S/C20H21ClN6O3S/c1-26-11-14(10-22-26)18(29)23-16-6-8-27(9-7-16)17(28)12-31-20-25-24-19(30-20)13-2-4-15(21)5-3-13/h2-5,10-11,16H,6-9,12H2,1H3,(H,23,29). The molecule has 1 fully saturated rings. The van der Waals surface area contributed by atoms with E-state index in [1.165, 1.54) is 11.8 Å². The molecule has 2 amide bonds. The molecule has 3 heterocycles. The van der Waals surface area contributed by atoms with Gasteiger partial charge in [0.15, 0.2) is 0 Å². The fourth-order valence-electron chi connectivity index (χ4n) is 3.27. The number of hydrogen-bond acceptors (Lipinski definition) is 7. The molecule has 0 aliphatic carbocycles. The van der Waals surface area contributed by atoms with Crippen LogP contribution in [0.4, 0.5) is 0 Å². The number of carbonyl (C=O) groups is 2. The molecule has 0 atom stereocenters. The largest absolute Gasteiger partial charge is 0.411 e. The summed E-state index contributed by atoms with van der Waals surface area (Å²) >= 11 is 7.10. The minimum absolute atomic E-state index is 0.00767. The number of aromatic nitrogens is 4. The summed E-state index contributed by atoms with van der Waals surface area (Å²) < 4.78 is 7.22. The second-order valence-electron chi connectivity index (χ2n) is 7.20. The molecule has 0 saturated carbocycles. The first-order valence-corrected chi connectivity index (χ1v) is 11.1. The van der Waals surface area contributed by atoms with Crippen LogP contribution >= 0.6 is 23.4 Å². The highest BCUT2D eigenvalue weighted by Gasteiger charge is 2.25. The summed E-state index contributed by atoms with van der Waals surface area (Å²) in [5.41, 5.74) is 1.31. The van der Waals surface area contributed by atoms with Gasteiger partial charge in [-0.15, -0.1) is 10.2 Å². The van der Waals surface area contributed by atoms with Crippen LogP contribution in [0.15, 0.2) is 46.3 Å². The van der Waals surface area contributed by atoms with E-state index in [4.69, 9.17) is 16.0 Å². The highest BCUT2D eigenvalue weighted by atomic mass is 35.5. The van der Waals surface area contributed by atoms with Crippen LogP contribution in [0.5, 0.6) is 0 Å². The molecule has 1 aliphatic heterocycles. The smallest absolute Gasteiger partial charge is 0.277 e. The zero-order chi connectivity index (χ0) is 21.8. The van der Waals surface area contributed by atoms with Crippen molar-refractivity contribution in [3.63, 3.8) is 0 Å². The van der Waals surface area contributed by atoms with E-state index in [9.17, 15) is 9.59 Å². The number of likely N-dealkylation sites (tertiary alicyclic amines) is 1. The number of carbonyl (C=O) groups excluding carboxylic acids is 2. The average molecular weight is 461 g/mol. The second kappa shape index (κ2) is 9.52. The molecule has 162 valence electrons. The van der Waals surface area contributed by atoms with Gasteiger partial charge in [-0.1, -0.05) is 23.4 Å². The van der Waals surface area contributed by atoms with Crippen molar-refractivity contribution in [2.75, 3.05) is 18.8 Å². The Hall–Kier alpha value is -2.85. The van der Waals surface area contributed by atoms with E-state index in [1.54, 1.807) is 53.3 Å². The third kappa shape index (κ3) is 5.45. The summed E-state index contributed by atoms with van der Waals surface area (Å²) in [7, 11) is 1.77. The maximum Gasteiger partial charge on any atom is 0.277 e. The fraction of sp³-hybridized carbons (Fsp3) is 0.350. The normalized spacial score (nSPS) is 14.6. The van der Waals surface area contributed by atoms with Crippen LogP contribution in [0.25, 0.3) is 11.5 Å². The Morgan fingerprint density at radius 2 is 1.97 bits per heavy atom. The van der Waals surface area contributed by atoms with Crippen LogP contribution in [-0.4, -0.2) is 61.6 Å². The first-order valence-electron chi connectivity index (χ1n) is 9.77. The SMILES string of the molecule is Cn1cc(C(=O)NC2CCN(C(=O)CSc3nnc(-c4ccc(Cl)cc4)o3)CC2)cn1. The van der Waals surface area contributed by atoms with Gasteiger partial charge in [0.2, 0.25) is 11.8 Å². The molecule has 9 nitrogen and oxygen atoms in total. The van der Waals surface area contributed by atoms with Crippen molar-refractivity contribution >= 4 is 35.2 Å². The van der Waals surface area contributed by atoms with Crippen LogP contribution in [0.2, 0.25) is 5.02 Å². The summed E-state index contributed by atoms with van der Waals surface area (Å²) in [6, 6.07) is 7.14. The van der Waals surface area contributed by atoms with Crippen molar-refractivity contribution < 1.29 is 14.0 Å². The molecular weight excluding hydrogens is 440 g/mol. The summed E-state index contributed by atoms with van der Waals surface area (Å²) in [6.45, 7) is 1.19. The minimum atomic E-state index is -0.138. The third-order valence-electron chi connectivity index (χ3n) is 4.97. The lowest BCUT2D eigenvalue weighted by Gasteiger charge is -2.32. The number of nitrogens with zero attached hydrogens (tertiary/aromatic N) is 5. The van der Waals surface area contributed by atoms with Crippen LogP contribution in [-0.2, 0) is 11.8 Å². The van der Waals surface area contributed by atoms with Crippen molar-refractivity contribution in [1.82, 2.24) is 30.2 Å². The van der Waals surface area contributed by atoms with Crippen molar-refractivity contribution in [2.45, 2.75) is 24.1 Å². The summed E-state index contributed by atoms with van der Waals surface area (Å²) in [6.07, 6.45) is 4.65. The van der Waals surface area contributed by atoms with Crippen molar-refractivity contribution in [3.05, 3.63) is 47.2 Å². The number of piperidine rings is 1. The second-order valence-corrected chi connectivity index (χ2v) is 8.56. The monoisotopic (exact) mass is 460 g/mol. The van der Waals surface area contributed by atoms with Crippen LogP contribution < -0.4 is 5.32 Å². The highest BCUT2D eigenvalue weighted by Crippen LogP contribution is 2.25. The van der Waals surface area contributed by atoms with E-state index in [0.717, 1.165) is 5.56 Å². The lowest BCUT2D eigenvalue weighted by atomic mass is 10.0. The first kappa shape index (κ1) is 21.4. The number of benzene rings is 1. The quantitative estimate of drug-likeness (QED) is 0.563. The summed E-state index contributed by atoms with van der Waals surface area (Å²) in [5.74, 6) is 0.473. The Labute approximate surface area is 188 Å². The van der Waals surface area contributed by atoms with E-state index in [1.807, 2.05) is 0 Å². The Balaban J connectivity index is 1.22. The zero-order valence-electron chi connectivity index (χ0n) is 16.8. The fourth-order valence-corrected chi connectivity index (χ4v) is 4.06. The van der Waals surface area contributed by atoms with Gasteiger partial charge in [-0.2, -0.15) is 5.10 Å². The van der Waals surface area contributed by atoms with E-state index in [-0.39, 0.29) is 23.6 Å². The number of thioether (sulfide) groups is 1. The average Bonchev–Trinajstić information content (AvgIpc) is 3.42. The van der Waals surface area contributed by atoms with Gasteiger partial charge in [-0.05, 0) is 37.1 Å². The Bertz CT molecular complexity index is 1060. The van der Waals surface area contributed by atoms with E-state index >= 15 is 0 Å². The van der Waals surface area contributed by atoms with Gasteiger partial charge in [-0.25, -0.2) is 0 Å². The number of aryl methyl sites for hydroxylation is 1. The Morgan fingerprint density at radius 1 is 1.23 bits per heavy atom. The molecule has 1 saturated heterocycles. The first-order chi connectivity index (χ1) is 15.0. The minimum Gasteiger partial charge on any atom is -0.411 e. The number of amides is 2.